The average Bonchev–Trinajstić information content (AvgIpc) is 2.83. The predicted molar refractivity (Wildman–Crippen MR) is 80.0 cm³/mol. The molecule has 3 heteroatoms. The van der Waals surface area contributed by atoms with E-state index in [1.165, 1.54) is 16.6 Å². The molecule has 2 aromatic rings. The van der Waals surface area contributed by atoms with Crippen LogP contribution in [0.25, 0.3) is 10.9 Å². The third-order valence-corrected chi connectivity index (χ3v) is 3.78. The number of ether oxygens (including phenoxy) is 1. The minimum absolute atomic E-state index is 0.116. The zero-order valence-electron chi connectivity index (χ0n) is 12.0. The van der Waals surface area contributed by atoms with Gasteiger partial charge >= 0.3 is 0 Å². The van der Waals surface area contributed by atoms with Crippen LogP contribution in [0.1, 0.15) is 20.8 Å². The molecule has 3 nitrogen and oxygen atoms in total. The second-order valence-corrected chi connectivity index (χ2v) is 6.17. The lowest BCUT2D eigenvalue weighted by Crippen LogP contribution is -2.36. The molecular weight excluding hydrogens is 236 g/mol. The Labute approximate surface area is 114 Å². The van der Waals surface area contributed by atoms with E-state index in [-0.39, 0.29) is 5.54 Å². The largest absolute Gasteiger partial charge is 0.378 e. The summed E-state index contributed by atoms with van der Waals surface area (Å²) >= 11 is 0. The summed E-state index contributed by atoms with van der Waals surface area (Å²) in [5.74, 6) is 0. The van der Waals surface area contributed by atoms with Gasteiger partial charge in [0.15, 0.2) is 0 Å². The summed E-state index contributed by atoms with van der Waals surface area (Å²) < 4.78 is 7.80. The molecule has 2 heterocycles. The minimum Gasteiger partial charge on any atom is -0.378 e. The highest BCUT2D eigenvalue weighted by Gasteiger charge is 2.19. The molecule has 1 aromatic heterocycles. The molecule has 1 fully saturated rings. The molecule has 3 rings (SSSR count). The first-order chi connectivity index (χ1) is 9.07. The summed E-state index contributed by atoms with van der Waals surface area (Å²) in [7, 11) is 0. The fourth-order valence-corrected chi connectivity index (χ4v) is 2.82. The van der Waals surface area contributed by atoms with Crippen LogP contribution in [0.3, 0.4) is 0 Å². The SMILES string of the molecule is CC(C)(C)n1ccc2c(N3CCOCC3)cccc21. The number of hydrogen-bond donors (Lipinski definition) is 0. The monoisotopic (exact) mass is 258 g/mol. The van der Waals surface area contributed by atoms with Crippen LogP contribution >= 0.6 is 0 Å². The maximum Gasteiger partial charge on any atom is 0.0642 e. The van der Waals surface area contributed by atoms with E-state index < -0.39 is 0 Å². The van der Waals surface area contributed by atoms with Gasteiger partial charge in [0.05, 0.1) is 18.7 Å². The van der Waals surface area contributed by atoms with E-state index in [1.54, 1.807) is 0 Å². The Morgan fingerprint density at radius 3 is 2.47 bits per heavy atom. The lowest BCUT2D eigenvalue weighted by Gasteiger charge is -2.30. The van der Waals surface area contributed by atoms with Gasteiger partial charge < -0.3 is 14.2 Å². The molecule has 0 atom stereocenters. The Kier molecular flexibility index (Phi) is 3.02. The summed E-state index contributed by atoms with van der Waals surface area (Å²) in [5, 5.41) is 1.35. The molecule has 1 aliphatic rings. The molecule has 0 radical (unpaired) electrons. The van der Waals surface area contributed by atoms with Gasteiger partial charge in [-0.15, -0.1) is 0 Å². The van der Waals surface area contributed by atoms with Gasteiger partial charge in [0.25, 0.3) is 0 Å². The number of rotatable bonds is 1. The van der Waals surface area contributed by atoms with Crippen molar-refractivity contribution < 1.29 is 4.74 Å². The first-order valence-electron chi connectivity index (χ1n) is 7.00. The fourth-order valence-electron chi connectivity index (χ4n) is 2.82. The van der Waals surface area contributed by atoms with Gasteiger partial charge in [-0.3, -0.25) is 0 Å². The molecule has 0 aliphatic carbocycles. The Balaban J connectivity index is 2.09. The number of hydrogen-bond acceptors (Lipinski definition) is 2. The predicted octanol–water partition coefficient (Wildman–Crippen LogP) is 3.23. The van der Waals surface area contributed by atoms with Crippen molar-refractivity contribution in [3.05, 3.63) is 30.5 Å². The summed E-state index contributed by atoms with van der Waals surface area (Å²) in [6, 6.07) is 8.84. The van der Waals surface area contributed by atoms with E-state index in [0.717, 1.165) is 26.3 Å². The molecule has 1 aliphatic heterocycles. The van der Waals surface area contributed by atoms with Gasteiger partial charge in [-0.1, -0.05) is 6.07 Å². The van der Waals surface area contributed by atoms with E-state index in [1.807, 2.05) is 0 Å². The van der Waals surface area contributed by atoms with Gasteiger partial charge in [0, 0.05) is 35.9 Å². The highest BCUT2D eigenvalue weighted by Crippen LogP contribution is 2.31. The van der Waals surface area contributed by atoms with Gasteiger partial charge in [0.2, 0.25) is 0 Å². The highest BCUT2D eigenvalue weighted by atomic mass is 16.5. The van der Waals surface area contributed by atoms with Crippen molar-refractivity contribution in [2.75, 3.05) is 31.2 Å². The van der Waals surface area contributed by atoms with Crippen molar-refractivity contribution in [3.8, 4) is 0 Å². The van der Waals surface area contributed by atoms with Crippen LogP contribution in [-0.2, 0) is 10.3 Å². The quantitative estimate of drug-likeness (QED) is 0.781. The van der Waals surface area contributed by atoms with E-state index in [4.69, 9.17) is 4.74 Å². The van der Waals surface area contributed by atoms with Gasteiger partial charge in [-0.25, -0.2) is 0 Å². The maximum atomic E-state index is 5.45. The molecule has 0 amide bonds. The third-order valence-electron chi connectivity index (χ3n) is 3.78. The van der Waals surface area contributed by atoms with Crippen LogP contribution in [-0.4, -0.2) is 30.9 Å². The number of morpholine rings is 1. The molecule has 102 valence electrons. The molecule has 1 aromatic carbocycles. The van der Waals surface area contributed by atoms with Crippen molar-refractivity contribution >= 4 is 16.6 Å². The lowest BCUT2D eigenvalue weighted by atomic mass is 10.1. The van der Waals surface area contributed by atoms with Crippen LogP contribution in [0.4, 0.5) is 5.69 Å². The average molecular weight is 258 g/mol. The van der Waals surface area contributed by atoms with Gasteiger partial charge in [-0.05, 0) is 39.0 Å². The Morgan fingerprint density at radius 2 is 1.79 bits per heavy atom. The molecule has 0 unspecified atom stereocenters. The lowest BCUT2D eigenvalue weighted by molar-refractivity contribution is 0.123. The highest BCUT2D eigenvalue weighted by molar-refractivity contribution is 5.93. The standard InChI is InChI=1S/C16H22N2O/c1-16(2,3)18-8-7-13-14(5-4-6-15(13)18)17-9-11-19-12-10-17/h4-8H,9-12H2,1-3H3. The van der Waals surface area contributed by atoms with Crippen LogP contribution in [0.15, 0.2) is 30.5 Å². The van der Waals surface area contributed by atoms with Crippen LogP contribution in [0.5, 0.6) is 0 Å². The minimum atomic E-state index is 0.116. The number of nitrogens with zero attached hydrogens (tertiary/aromatic N) is 2. The number of benzene rings is 1. The summed E-state index contributed by atoms with van der Waals surface area (Å²) in [6.07, 6.45) is 2.20. The molecule has 19 heavy (non-hydrogen) atoms. The zero-order valence-corrected chi connectivity index (χ0v) is 12.0. The van der Waals surface area contributed by atoms with Gasteiger partial charge in [0.1, 0.15) is 0 Å². The zero-order chi connectivity index (χ0) is 13.5. The molecular formula is C16H22N2O. The first kappa shape index (κ1) is 12.5. The van der Waals surface area contributed by atoms with Crippen LogP contribution < -0.4 is 4.90 Å². The molecule has 0 saturated carbocycles. The van der Waals surface area contributed by atoms with Crippen molar-refractivity contribution in [2.24, 2.45) is 0 Å². The first-order valence-corrected chi connectivity index (χ1v) is 7.00. The number of fused-ring (bicyclic) bond motifs is 1. The molecule has 0 N–H and O–H groups in total. The van der Waals surface area contributed by atoms with Gasteiger partial charge in [-0.2, -0.15) is 0 Å². The normalized spacial score (nSPS) is 17.1. The molecule has 0 bridgehead atoms. The number of aromatic nitrogens is 1. The Hall–Kier alpha value is -1.48. The fraction of sp³-hybridized carbons (Fsp3) is 0.500. The summed E-state index contributed by atoms with van der Waals surface area (Å²) in [6.45, 7) is 10.4. The van der Waals surface area contributed by atoms with Crippen LogP contribution in [0.2, 0.25) is 0 Å². The van der Waals surface area contributed by atoms with Crippen molar-refractivity contribution in [1.29, 1.82) is 0 Å². The smallest absolute Gasteiger partial charge is 0.0642 e. The summed E-state index contributed by atoms with van der Waals surface area (Å²) in [4.78, 5) is 2.43. The van der Waals surface area contributed by atoms with Crippen molar-refractivity contribution in [2.45, 2.75) is 26.3 Å². The second-order valence-electron chi connectivity index (χ2n) is 6.17. The Bertz CT molecular complexity index is 574. The van der Waals surface area contributed by atoms with Crippen LogP contribution in [0, 0.1) is 0 Å². The van der Waals surface area contributed by atoms with E-state index >= 15 is 0 Å². The second kappa shape index (κ2) is 4.57. The third kappa shape index (κ3) is 2.23. The van der Waals surface area contributed by atoms with Crippen molar-refractivity contribution in [1.82, 2.24) is 4.57 Å². The summed E-state index contributed by atoms with van der Waals surface area (Å²) in [5.41, 5.74) is 2.77. The van der Waals surface area contributed by atoms with Crippen molar-refractivity contribution in [3.63, 3.8) is 0 Å². The van der Waals surface area contributed by atoms with E-state index in [0.29, 0.717) is 0 Å². The molecule has 0 spiro atoms. The van der Waals surface area contributed by atoms with E-state index in [9.17, 15) is 0 Å². The molecule has 1 saturated heterocycles. The topological polar surface area (TPSA) is 17.4 Å². The Morgan fingerprint density at radius 1 is 1.05 bits per heavy atom. The number of anilines is 1. The van der Waals surface area contributed by atoms with E-state index in [2.05, 4.69) is 60.7 Å². The maximum absolute atomic E-state index is 5.45.